The molecule has 0 saturated heterocycles. The summed E-state index contributed by atoms with van der Waals surface area (Å²) in [6.45, 7) is 3.86. The van der Waals surface area contributed by atoms with Gasteiger partial charge in [0.25, 0.3) is 0 Å². The maximum atomic E-state index is 4.82. The van der Waals surface area contributed by atoms with Crippen LogP contribution in [0, 0.1) is 6.92 Å². The number of imidazole rings is 1. The average molecular weight is 307 g/mol. The zero-order chi connectivity index (χ0) is 15.6. The van der Waals surface area contributed by atoms with E-state index in [1.54, 1.807) is 6.33 Å². The number of aryl methyl sites for hydroxylation is 3. The summed E-state index contributed by atoms with van der Waals surface area (Å²) < 4.78 is 2.26. The fraction of sp³-hybridized carbons (Fsp3) is 0.389. The monoisotopic (exact) mass is 307 g/mol. The van der Waals surface area contributed by atoms with Crippen molar-refractivity contribution in [3.05, 3.63) is 47.5 Å². The minimum absolute atomic E-state index is 0.745. The molecular formula is C18H21N5. The predicted octanol–water partition coefficient (Wildman–Crippen LogP) is 3.47. The molecule has 1 aromatic carbocycles. The number of nitrogens with zero attached hydrogens (tertiary/aromatic N) is 4. The number of anilines is 1. The molecule has 1 N–H and O–H groups in total. The van der Waals surface area contributed by atoms with E-state index in [-0.39, 0.29) is 0 Å². The van der Waals surface area contributed by atoms with E-state index in [0.717, 1.165) is 42.3 Å². The van der Waals surface area contributed by atoms with Gasteiger partial charge >= 0.3 is 0 Å². The van der Waals surface area contributed by atoms with Crippen LogP contribution in [0.5, 0.6) is 0 Å². The fourth-order valence-electron chi connectivity index (χ4n) is 3.16. The van der Waals surface area contributed by atoms with E-state index in [1.807, 2.05) is 0 Å². The van der Waals surface area contributed by atoms with Crippen molar-refractivity contribution in [3.8, 4) is 0 Å². The van der Waals surface area contributed by atoms with E-state index in [2.05, 4.69) is 51.0 Å². The third-order valence-corrected chi connectivity index (χ3v) is 4.47. The summed E-state index contributed by atoms with van der Waals surface area (Å²) in [5, 5.41) is 3.42. The Bertz CT molecular complexity index is 819. The first-order valence-corrected chi connectivity index (χ1v) is 8.31. The molecule has 1 aliphatic rings. The molecule has 0 saturated carbocycles. The minimum atomic E-state index is 0.745. The first-order valence-electron chi connectivity index (χ1n) is 8.31. The first kappa shape index (κ1) is 14.2. The van der Waals surface area contributed by atoms with Crippen molar-refractivity contribution in [1.29, 1.82) is 0 Å². The van der Waals surface area contributed by atoms with Crippen LogP contribution < -0.4 is 5.32 Å². The van der Waals surface area contributed by atoms with Crippen molar-refractivity contribution in [3.63, 3.8) is 0 Å². The van der Waals surface area contributed by atoms with Gasteiger partial charge in [-0.05, 0) is 25.3 Å². The van der Waals surface area contributed by atoms with E-state index in [4.69, 9.17) is 4.98 Å². The third-order valence-electron chi connectivity index (χ3n) is 4.47. The molecule has 3 heterocycles. The topological polar surface area (TPSA) is 55.6 Å². The SMILES string of the molecule is Cc1ccc(CNc2ncnc3c2nc2n3CCCCC2)cc1. The molecule has 0 fully saturated rings. The number of hydrogen-bond donors (Lipinski definition) is 1. The Balaban J connectivity index is 1.63. The van der Waals surface area contributed by atoms with Crippen LogP contribution in [0.2, 0.25) is 0 Å². The maximum absolute atomic E-state index is 4.82. The Labute approximate surface area is 135 Å². The van der Waals surface area contributed by atoms with Gasteiger partial charge in [0.2, 0.25) is 0 Å². The summed E-state index contributed by atoms with van der Waals surface area (Å²) in [6.07, 6.45) is 6.36. The lowest BCUT2D eigenvalue weighted by Gasteiger charge is -2.07. The predicted molar refractivity (Wildman–Crippen MR) is 91.4 cm³/mol. The Morgan fingerprint density at radius 2 is 1.96 bits per heavy atom. The molecule has 0 spiro atoms. The molecule has 5 heteroatoms. The molecule has 0 amide bonds. The van der Waals surface area contributed by atoms with Gasteiger partial charge in [-0.25, -0.2) is 15.0 Å². The van der Waals surface area contributed by atoms with Crippen LogP contribution in [-0.4, -0.2) is 19.5 Å². The second kappa shape index (κ2) is 5.99. The van der Waals surface area contributed by atoms with Gasteiger partial charge in [0.05, 0.1) is 0 Å². The number of rotatable bonds is 3. The molecular weight excluding hydrogens is 286 g/mol. The molecule has 0 atom stereocenters. The minimum Gasteiger partial charge on any atom is -0.364 e. The summed E-state index contributed by atoms with van der Waals surface area (Å²) in [7, 11) is 0. The van der Waals surface area contributed by atoms with Crippen LogP contribution in [0.15, 0.2) is 30.6 Å². The van der Waals surface area contributed by atoms with E-state index >= 15 is 0 Å². The largest absolute Gasteiger partial charge is 0.364 e. The van der Waals surface area contributed by atoms with Crippen molar-refractivity contribution in [2.24, 2.45) is 0 Å². The van der Waals surface area contributed by atoms with Crippen LogP contribution in [0.25, 0.3) is 11.2 Å². The number of benzene rings is 1. The van der Waals surface area contributed by atoms with E-state index in [1.165, 1.54) is 30.4 Å². The lowest BCUT2D eigenvalue weighted by molar-refractivity contribution is 0.643. The molecule has 1 aliphatic heterocycles. The summed E-state index contributed by atoms with van der Waals surface area (Å²) >= 11 is 0. The molecule has 0 unspecified atom stereocenters. The highest BCUT2D eigenvalue weighted by molar-refractivity contribution is 5.83. The summed E-state index contributed by atoms with van der Waals surface area (Å²) in [5.74, 6) is 1.98. The molecule has 0 bridgehead atoms. The van der Waals surface area contributed by atoms with Gasteiger partial charge in [-0.3, -0.25) is 0 Å². The smallest absolute Gasteiger partial charge is 0.165 e. The van der Waals surface area contributed by atoms with Crippen molar-refractivity contribution in [2.45, 2.75) is 45.7 Å². The molecule has 5 nitrogen and oxygen atoms in total. The van der Waals surface area contributed by atoms with Crippen LogP contribution in [-0.2, 0) is 19.5 Å². The highest BCUT2D eigenvalue weighted by Gasteiger charge is 2.17. The quantitative estimate of drug-likeness (QED) is 0.805. The summed E-state index contributed by atoms with van der Waals surface area (Å²) in [6, 6.07) is 8.54. The van der Waals surface area contributed by atoms with Crippen molar-refractivity contribution >= 4 is 17.0 Å². The number of aromatic nitrogens is 4. The number of fused-ring (bicyclic) bond motifs is 3. The first-order chi connectivity index (χ1) is 11.3. The number of hydrogen-bond acceptors (Lipinski definition) is 4. The van der Waals surface area contributed by atoms with E-state index in [0.29, 0.717) is 0 Å². The molecule has 118 valence electrons. The maximum Gasteiger partial charge on any atom is 0.165 e. The lowest BCUT2D eigenvalue weighted by atomic mass is 10.1. The highest BCUT2D eigenvalue weighted by Crippen LogP contribution is 2.24. The third kappa shape index (κ3) is 2.79. The van der Waals surface area contributed by atoms with Gasteiger partial charge in [-0.1, -0.05) is 36.2 Å². The van der Waals surface area contributed by atoms with Gasteiger partial charge in [0.15, 0.2) is 17.0 Å². The summed E-state index contributed by atoms with van der Waals surface area (Å²) in [4.78, 5) is 13.7. The zero-order valence-corrected chi connectivity index (χ0v) is 13.4. The molecule has 0 radical (unpaired) electrons. The lowest BCUT2D eigenvalue weighted by Crippen LogP contribution is -2.04. The van der Waals surface area contributed by atoms with E-state index < -0.39 is 0 Å². The number of nitrogens with one attached hydrogen (secondary N) is 1. The molecule has 2 aromatic heterocycles. The Morgan fingerprint density at radius 1 is 1.09 bits per heavy atom. The van der Waals surface area contributed by atoms with Gasteiger partial charge in [-0.15, -0.1) is 0 Å². The Kier molecular flexibility index (Phi) is 3.69. The molecule has 3 aromatic rings. The normalized spacial score (nSPS) is 14.5. The van der Waals surface area contributed by atoms with Gasteiger partial charge in [0, 0.05) is 19.5 Å². The second-order valence-electron chi connectivity index (χ2n) is 6.22. The molecule has 4 rings (SSSR count). The highest BCUT2D eigenvalue weighted by atomic mass is 15.2. The van der Waals surface area contributed by atoms with Crippen LogP contribution in [0.3, 0.4) is 0 Å². The summed E-state index contributed by atoms with van der Waals surface area (Å²) in [5.41, 5.74) is 4.37. The van der Waals surface area contributed by atoms with Crippen LogP contribution in [0.4, 0.5) is 5.82 Å². The Hall–Kier alpha value is -2.43. The fourth-order valence-corrected chi connectivity index (χ4v) is 3.16. The van der Waals surface area contributed by atoms with Crippen LogP contribution >= 0.6 is 0 Å². The molecule has 23 heavy (non-hydrogen) atoms. The second-order valence-corrected chi connectivity index (χ2v) is 6.22. The van der Waals surface area contributed by atoms with Crippen molar-refractivity contribution in [2.75, 3.05) is 5.32 Å². The molecule has 0 aliphatic carbocycles. The Morgan fingerprint density at radius 3 is 2.83 bits per heavy atom. The average Bonchev–Trinajstić information content (AvgIpc) is 2.76. The van der Waals surface area contributed by atoms with Crippen LogP contribution in [0.1, 0.15) is 36.2 Å². The van der Waals surface area contributed by atoms with Gasteiger partial charge in [-0.2, -0.15) is 0 Å². The van der Waals surface area contributed by atoms with Gasteiger partial charge < -0.3 is 9.88 Å². The zero-order valence-electron chi connectivity index (χ0n) is 13.4. The standard InChI is InChI=1S/C18H21N5/c1-13-6-8-14(9-7-13)11-19-17-16-18(21-12-20-17)23-10-4-2-3-5-15(23)22-16/h6-9,12H,2-5,10-11H2,1H3,(H,19,20,21). The van der Waals surface area contributed by atoms with Gasteiger partial charge in [0.1, 0.15) is 12.2 Å². The van der Waals surface area contributed by atoms with E-state index in [9.17, 15) is 0 Å². The van der Waals surface area contributed by atoms with Crippen molar-refractivity contribution in [1.82, 2.24) is 19.5 Å². The van der Waals surface area contributed by atoms with Crippen molar-refractivity contribution < 1.29 is 0 Å².